The van der Waals surface area contributed by atoms with Crippen LogP contribution in [-0.2, 0) is 0 Å². The SMILES string of the molecule is COc1ccc(F)cc1[C@@H](N)[C@@H](O)CCC(C)C. The number of ether oxygens (including phenoxy) is 1. The zero-order valence-electron chi connectivity index (χ0n) is 11.2. The molecule has 0 spiro atoms. The topological polar surface area (TPSA) is 55.5 Å². The summed E-state index contributed by atoms with van der Waals surface area (Å²) in [5, 5.41) is 10.0. The molecule has 0 aliphatic rings. The van der Waals surface area contributed by atoms with Crippen LogP contribution in [0, 0.1) is 11.7 Å². The molecule has 0 unspecified atom stereocenters. The van der Waals surface area contributed by atoms with Crippen molar-refractivity contribution in [3.8, 4) is 5.75 Å². The van der Waals surface area contributed by atoms with Gasteiger partial charge in [0.1, 0.15) is 11.6 Å². The molecule has 1 aromatic carbocycles. The van der Waals surface area contributed by atoms with E-state index in [9.17, 15) is 9.50 Å². The molecule has 3 nitrogen and oxygen atoms in total. The van der Waals surface area contributed by atoms with Crippen molar-refractivity contribution in [2.75, 3.05) is 7.11 Å². The summed E-state index contributed by atoms with van der Waals surface area (Å²) in [6.07, 6.45) is 0.786. The van der Waals surface area contributed by atoms with Crippen molar-refractivity contribution in [3.63, 3.8) is 0 Å². The Morgan fingerprint density at radius 2 is 2.00 bits per heavy atom. The van der Waals surface area contributed by atoms with Crippen molar-refractivity contribution < 1.29 is 14.2 Å². The smallest absolute Gasteiger partial charge is 0.123 e. The van der Waals surface area contributed by atoms with Crippen LogP contribution in [0.4, 0.5) is 4.39 Å². The molecule has 3 N–H and O–H groups in total. The zero-order chi connectivity index (χ0) is 13.7. The van der Waals surface area contributed by atoms with Crippen LogP contribution in [0.5, 0.6) is 5.75 Å². The van der Waals surface area contributed by atoms with E-state index in [0.717, 1.165) is 6.42 Å². The summed E-state index contributed by atoms with van der Waals surface area (Å²) in [6.45, 7) is 4.17. The van der Waals surface area contributed by atoms with Crippen LogP contribution < -0.4 is 10.5 Å². The van der Waals surface area contributed by atoms with E-state index >= 15 is 0 Å². The van der Waals surface area contributed by atoms with Crippen LogP contribution >= 0.6 is 0 Å². The molecule has 0 aromatic heterocycles. The Kier molecular flexibility index (Phi) is 5.56. The Bertz CT molecular complexity index is 382. The third-order valence-electron chi connectivity index (χ3n) is 3.01. The van der Waals surface area contributed by atoms with Crippen LogP contribution in [0.3, 0.4) is 0 Å². The average Bonchev–Trinajstić information content (AvgIpc) is 2.34. The van der Waals surface area contributed by atoms with E-state index in [1.807, 2.05) is 0 Å². The Morgan fingerprint density at radius 1 is 1.33 bits per heavy atom. The molecule has 4 heteroatoms. The molecule has 0 radical (unpaired) electrons. The van der Waals surface area contributed by atoms with Gasteiger partial charge < -0.3 is 15.6 Å². The Labute approximate surface area is 108 Å². The predicted octanol–water partition coefficient (Wildman–Crippen LogP) is 2.63. The van der Waals surface area contributed by atoms with Gasteiger partial charge in [-0.05, 0) is 37.0 Å². The van der Waals surface area contributed by atoms with Gasteiger partial charge in [0.05, 0.1) is 19.3 Å². The number of hydrogen-bond donors (Lipinski definition) is 2. The number of rotatable bonds is 6. The number of aliphatic hydroxyl groups excluding tert-OH is 1. The standard InChI is InChI=1S/C14H22FNO2/c1-9(2)4-6-12(17)14(16)11-8-10(15)5-7-13(11)18-3/h5,7-9,12,14,17H,4,6,16H2,1-3H3/t12-,14+/m0/s1. The van der Waals surface area contributed by atoms with Gasteiger partial charge in [-0.25, -0.2) is 4.39 Å². The maximum atomic E-state index is 13.2. The number of methoxy groups -OCH3 is 1. The van der Waals surface area contributed by atoms with Crippen LogP contribution in [0.15, 0.2) is 18.2 Å². The zero-order valence-corrected chi connectivity index (χ0v) is 11.2. The van der Waals surface area contributed by atoms with E-state index < -0.39 is 12.1 Å². The first-order valence-corrected chi connectivity index (χ1v) is 6.22. The molecular weight excluding hydrogens is 233 g/mol. The van der Waals surface area contributed by atoms with E-state index in [2.05, 4.69) is 13.8 Å². The molecule has 0 heterocycles. The van der Waals surface area contributed by atoms with Crippen molar-refractivity contribution in [2.45, 2.75) is 38.8 Å². The summed E-state index contributed by atoms with van der Waals surface area (Å²) in [5.41, 5.74) is 6.48. The van der Waals surface area contributed by atoms with Gasteiger partial charge in [-0.1, -0.05) is 13.8 Å². The monoisotopic (exact) mass is 255 g/mol. The first kappa shape index (κ1) is 14.9. The maximum Gasteiger partial charge on any atom is 0.123 e. The Hall–Kier alpha value is -1.13. The predicted molar refractivity (Wildman–Crippen MR) is 70.0 cm³/mol. The van der Waals surface area contributed by atoms with Crippen molar-refractivity contribution in [3.05, 3.63) is 29.6 Å². The lowest BCUT2D eigenvalue weighted by atomic mass is 9.95. The highest BCUT2D eigenvalue weighted by Gasteiger charge is 2.21. The van der Waals surface area contributed by atoms with Gasteiger partial charge in [0, 0.05) is 5.56 Å². The second-order valence-electron chi connectivity index (χ2n) is 4.95. The highest BCUT2D eigenvalue weighted by Crippen LogP contribution is 2.28. The molecule has 0 amide bonds. The van der Waals surface area contributed by atoms with Gasteiger partial charge >= 0.3 is 0 Å². The van der Waals surface area contributed by atoms with Crippen LogP contribution in [0.2, 0.25) is 0 Å². The van der Waals surface area contributed by atoms with Crippen molar-refractivity contribution in [1.29, 1.82) is 0 Å². The summed E-state index contributed by atoms with van der Waals surface area (Å²) < 4.78 is 18.4. The summed E-state index contributed by atoms with van der Waals surface area (Å²) in [6, 6.07) is 3.53. The van der Waals surface area contributed by atoms with E-state index in [1.54, 1.807) is 0 Å². The van der Waals surface area contributed by atoms with Gasteiger partial charge in [-0.3, -0.25) is 0 Å². The molecule has 0 saturated heterocycles. The molecule has 1 aromatic rings. The fourth-order valence-corrected chi connectivity index (χ4v) is 1.86. The molecule has 0 bridgehead atoms. The summed E-state index contributed by atoms with van der Waals surface area (Å²) in [7, 11) is 1.50. The first-order valence-electron chi connectivity index (χ1n) is 6.22. The van der Waals surface area contributed by atoms with Crippen LogP contribution in [0.25, 0.3) is 0 Å². The van der Waals surface area contributed by atoms with E-state index in [-0.39, 0.29) is 5.82 Å². The molecule has 2 atom stereocenters. The number of nitrogens with two attached hydrogens (primary N) is 1. The van der Waals surface area contributed by atoms with Crippen molar-refractivity contribution in [1.82, 2.24) is 0 Å². The summed E-state index contributed by atoms with van der Waals surface area (Å²) in [4.78, 5) is 0. The molecule has 0 fully saturated rings. The quantitative estimate of drug-likeness (QED) is 0.821. The molecule has 0 aliphatic carbocycles. The molecule has 1 rings (SSSR count). The fourth-order valence-electron chi connectivity index (χ4n) is 1.86. The van der Waals surface area contributed by atoms with E-state index in [0.29, 0.717) is 23.7 Å². The number of aliphatic hydroxyl groups is 1. The second-order valence-corrected chi connectivity index (χ2v) is 4.95. The van der Waals surface area contributed by atoms with Gasteiger partial charge in [0.25, 0.3) is 0 Å². The van der Waals surface area contributed by atoms with Gasteiger partial charge in [0.15, 0.2) is 0 Å². The maximum absolute atomic E-state index is 13.2. The average molecular weight is 255 g/mol. The number of benzene rings is 1. The molecule has 0 saturated carbocycles. The lowest BCUT2D eigenvalue weighted by molar-refractivity contribution is 0.127. The van der Waals surface area contributed by atoms with Crippen molar-refractivity contribution in [2.24, 2.45) is 11.7 Å². The van der Waals surface area contributed by atoms with E-state index in [1.165, 1.54) is 25.3 Å². The number of hydrogen-bond acceptors (Lipinski definition) is 3. The largest absolute Gasteiger partial charge is 0.496 e. The van der Waals surface area contributed by atoms with Gasteiger partial charge in [-0.15, -0.1) is 0 Å². The van der Waals surface area contributed by atoms with Gasteiger partial charge in [0.2, 0.25) is 0 Å². The molecular formula is C14H22FNO2. The minimum absolute atomic E-state index is 0.377. The minimum atomic E-state index is -0.692. The highest BCUT2D eigenvalue weighted by molar-refractivity contribution is 5.36. The lowest BCUT2D eigenvalue weighted by Gasteiger charge is -2.22. The molecule has 18 heavy (non-hydrogen) atoms. The normalized spacial score (nSPS) is 14.6. The Balaban J connectivity index is 2.81. The Morgan fingerprint density at radius 3 is 2.56 bits per heavy atom. The molecule has 0 aliphatic heterocycles. The number of halogens is 1. The highest BCUT2D eigenvalue weighted by atomic mass is 19.1. The van der Waals surface area contributed by atoms with Crippen LogP contribution in [-0.4, -0.2) is 18.3 Å². The van der Waals surface area contributed by atoms with Gasteiger partial charge in [-0.2, -0.15) is 0 Å². The molecule has 102 valence electrons. The van der Waals surface area contributed by atoms with E-state index in [4.69, 9.17) is 10.5 Å². The first-order chi connectivity index (χ1) is 8.45. The third kappa shape index (κ3) is 3.96. The van der Waals surface area contributed by atoms with Crippen molar-refractivity contribution >= 4 is 0 Å². The minimum Gasteiger partial charge on any atom is -0.496 e. The summed E-state index contributed by atoms with van der Waals surface area (Å²) in [5.74, 6) is 0.631. The van der Waals surface area contributed by atoms with Crippen LogP contribution in [0.1, 0.15) is 38.3 Å². The summed E-state index contributed by atoms with van der Waals surface area (Å²) >= 11 is 0. The lowest BCUT2D eigenvalue weighted by Crippen LogP contribution is -2.27. The second kappa shape index (κ2) is 6.71. The fraction of sp³-hybridized carbons (Fsp3) is 0.571. The third-order valence-corrected chi connectivity index (χ3v) is 3.01.